The van der Waals surface area contributed by atoms with Crippen molar-refractivity contribution in [3.05, 3.63) is 39.7 Å². The summed E-state index contributed by atoms with van der Waals surface area (Å²) in [5.41, 5.74) is 4.89. The molecular weight excluding hydrogens is 341 g/mol. The van der Waals surface area contributed by atoms with E-state index in [9.17, 15) is 19.3 Å². The normalized spacial score (nSPS) is 15.0. The predicted molar refractivity (Wildman–Crippen MR) is 88.9 cm³/mol. The van der Waals surface area contributed by atoms with Crippen molar-refractivity contribution in [1.29, 1.82) is 0 Å². The second-order valence-electron chi connectivity index (χ2n) is 5.43. The van der Waals surface area contributed by atoms with Crippen molar-refractivity contribution in [2.24, 2.45) is 5.73 Å². The average Bonchev–Trinajstić information content (AvgIpc) is 2.55. The monoisotopic (exact) mass is 361 g/mol. The molecule has 1 saturated heterocycles. The van der Waals surface area contributed by atoms with Crippen LogP contribution in [0.15, 0.2) is 18.2 Å². The topological polar surface area (TPSA) is 98.7 Å². The van der Waals surface area contributed by atoms with Crippen LogP contribution < -0.4 is 5.73 Å². The number of piperidine rings is 1. The molecule has 0 aliphatic carbocycles. The third kappa shape index (κ3) is 5.12. The SMILES string of the molecule is Cl.NCCCOC1CCN(C(=O)c2ccc([N+](=O)[O-])cc2F)CC1. The van der Waals surface area contributed by atoms with Gasteiger partial charge in [0.05, 0.1) is 22.7 Å². The minimum atomic E-state index is -0.870. The van der Waals surface area contributed by atoms with Gasteiger partial charge in [0.15, 0.2) is 0 Å². The maximum atomic E-state index is 13.9. The van der Waals surface area contributed by atoms with Crippen LogP contribution in [0.4, 0.5) is 10.1 Å². The number of carbonyl (C=O) groups excluding carboxylic acids is 1. The summed E-state index contributed by atoms with van der Waals surface area (Å²) in [5, 5.41) is 10.6. The van der Waals surface area contributed by atoms with Gasteiger partial charge in [-0.25, -0.2) is 4.39 Å². The smallest absolute Gasteiger partial charge is 0.272 e. The molecule has 0 saturated carbocycles. The molecule has 0 aromatic heterocycles. The Labute approximate surface area is 145 Å². The van der Waals surface area contributed by atoms with Crippen LogP contribution in [0, 0.1) is 15.9 Å². The van der Waals surface area contributed by atoms with Crippen molar-refractivity contribution in [2.45, 2.75) is 25.4 Å². The molecule has 0 bridgehead atoms. The first-order valence-corrected chi connectivity index (χ1v) is 7.58. The summed E-state index contributed by atoms with van der Waals surface area (Å²) in [5.74, 6) is -1.32. The number of nitro benzene ring substituents is 1. The number of carbonyl (C=O) groups is 1. The number of ether oxygens (including phenoxy) is 1. The van der Waals surface area contributed by atoms with Gasteiger partial charge in [-0.05, 0) is 31.9 Å². The van der Waals surface area contributed by atoms with Gasteiger partial charge in [-0.1, -0.05) is 0 Å². The van der Waals surface area contributed by atoms with Crippen molar-refractivity contribution >= 4 is 24.0 Å². The molecule has 1 heterocycles. The van der Waals surface area contributed by atoms with Crippen LogP contribution >= 0.6 is 12.4 Å². The van der Waals surface area contributed by atoms with Crippen molar-refractivity contribution in [2.75, 3.05) is 26.2 Å². The lowest BCUT2D eigenvalue weighted by Crippen LogP contribution is -2.41. The average molecular weight is 362 g/mol. The summed E-state index contributed by atoms with van der Waals surface area (Å²) < 4.78 is 19.6. The number of likely N-dealkylation sites (tertiary alicyclic amines) is 1. The van der Waals surface area contributed by atoms with E-state index in [4.69, 9.17) is 10.5 Å². The summed E-state index contributed by atoms with van der Waals surface area (Å²) >= 11 is 0. The van der Waals surface area contributed by atoms with Crippen LogP contribution in [0.5, 0.6) is 0 Å². The van der Waals surface area contributed by atoms with Crippen LogP contribution in [0.2, 0.25) is 0 Å². The van der Waals surface area contributed by atoms with Crippen molar-refractivity contribution in [3.8, 4) is 0 Å². The number of hydrogen-bond donors (Lipinski definition) is 1. The zero-order chi connectivity index (χ0) is 16.8. The summed E-state index contributed by atoms with van der Waals surface area (Å²) in [4.78, 5) is 23.8. The fraction of sp³-hybridized carbons (Fsp3) is 0.533. The highest BCUT2D eigenvalue weighted by atomic mass is 35.5. The number of hydrogen-bond acceptors (Lipinski definition) is 5. The molecule has 1 aromatic carbocycles. The number of nitrogens with zero attached hydrogens (tertiary/aromatic N) is 2. The van der Waals surface area contributed by atoms with Crippen LogP contribution in [-0.4, -0.2) is 48.1 Å². The van der Waals surface area contributed by atoms with Crippen LogP contribution in [0.1, 0.15) is 29.6 Å². The van der Waals surface area contributed by atoms with E-state index >= 15 is 0 Å². The van der Waals surface area contributed by atoms with Gasteiger partial charge in [0.1, 0.15) is 5.82 Å². The molecule has 0 spiro atoms. The molecule has 7 nitrogen and oxygen atoms in total. The zero-order valence-corrected chi connectivity index (χ0v) is 14.0. The number of nitro groups is 1. The lowest BCUT2D eigenvalue weighted by atomic mass is 10.1. The van der Waals surface area contributed by atoms with E-state index in [-0.39, 0.29) is 29.8 Å². The Morgan fingerprint density at radius 2 is 2.08 bits per heavy atom. The van der Waals surface area contributed by atoms with Gasteiger partial charge in [-0.2, -0.15) is 0 Å². The molecule has 2 N–H and O–H groups in total. The fourth-order valence-electron chi connectivity index (χ4n) is 2.52. The van der Waals surface area contributed by atoms with Crippen LogP contribution in [0.3, 0.4) is 0 Å². The molecule has 24 heavy (non-hydrogen) atoms. The Balaban J connectivity index is 0.00000288. The van der Waals surface area contributed by atoms with E-state index in [0.717, 1.165) is 18.6 Å². The first-order chi connectivity index (χ1) is 11.0. The molecule has 0 unspecified atom stereocenters. The second kappa shape index (κ2) is 9.51. The zero-order valence-electron chi connectivity index (χ0n) is 13.2. The van der Waals surface area contributed by atoms with Gasteiger partial charge in [-0.15, -0.1) is 12.4 Å². The number of benzene rings is 1. The van der Waals surface area contributed by atoms with Crippen LogP contribution in [0.25, 0.3) is 0 Å². The Morgan fingerprint density at radius 3 is 2.62 bits per heavy atom. The van der Waals surface area contributed by atoms with Gasteiger partial charge >= 0.3 is 0 Å². The molecule has 1 aromatic rings. The second-order valence-corrected chi connectivity index (χ2v) is 5.43. The number of halogens is 2. The number of non-ortho nitro benzene ring substituents is 1. The molecule has 1 aliphatic heterocycles. The quantitative estimate of drug-likeness (QED) is 0.475. The third-order valence-electron chi connectivity index (χ3n) is 3.83. The summed E-state index contributed by atoms with van der Waals surface area (Å²) in [6, 6.07) is 3.08. The maximum absolute atomic E-state index is 13.9. The molecule has 1 fully saturated rings. The van der Waals surface area contributed by atoms with E-state index in [1.807, 2.05) is 0 Å². The standard InChI is InChI=1S/C15H20FN3O4.ClH/c16-14-10-11(19(21)22)2-3-13(14)15(20)18-7-4-12(5-8-18)23-9-1-6-17;/h2-3,10,12H,1,4-9,17H2;1H. The minimum absolute atomic E-state index is 0. The Hall–Kier alpha value is -1.77. The lowest BCUT2D eigenvalue weighted by molar-refractivity contribution is -0.385. The number of rotatable bonds is 6. The summed E-state index contributed by atoms with van der Waals surface area (Å²) in [7, 11) is 0. The van der Waals surface area contributed by atoms with E-state index in [1.165, 1.54) is 6.07 Å². The number of amides is 1. The highest BCUT2D eigenvalue weighted by Crippen LogP contribution is 2.21. The van der Waals surface area contributed by atoms with Crippen LogP contribution in [-0.2, 0) is 4.74 Å². The minimum Gasteiger partial charge on any atom is -0.378 e. The summed E-state index contributed by atoms with van der Waals surface area (Å²) in [6.07, 6.45) is 2.26. The van der Waals surface area contributed by atoms with Gasteiger partial charge < -0.3 is 15.4 Å². The Morgan fingerprint density at radius 1 is 1.42 bits per heavy atom. The van der Waals surface area contributed by atoms with E-state index < -0.39 is 16.6 Å². The predicted octanol–water partition coefficient (Wildman–Crippen LogP) is 2.13. The first-order valence-electron chi connectivity index (χ1n) is 7.58. The first kappa shape index (κ1) is 20.3. The molecule has 134 valence electrons. The van der Waals surface area contributed by atoms with E-state index in [2.05, 4.69) is 0 Å². The molecule has 1 aliphatic rings. The van der Waals surface area contributed by atoms with E-state index in [1.54, 1.807) is 4.90 Å². The maximum Gasteiger partial charge on any atom is 0.272 e. The highest BCUT2D eigenvalue weighted by Gasteiger charge is 2.26. The molecular formula is C15H21ClFN3O4. The Bertz CT molecular complexity index is 580. The van der Waals surface area contributed by atoms with Crippen molar-refractivity contribution in [1.82, 2.24) is 4.90 Å². The molecule has 0 radical (unpaired) electrons. The van der Waals surface area contributed by atoms with Gasteiger partial charge in [0.2, 0.25) is 0 Å². The van der Waals surface area contributed by atoms with Gasteiger partial charge in [-0.3, -0.25) is 14.9 Å². The largest absolute Gasteiger partial charge is 0.378 e. The fourth-order valence-corrected chi connectivity index (χ4v) is 2.52. The lowest BCUT2D eigenvalue weighted by Gasteiger charge is -2.32. The van der Waals surface area contributed by atoms with Crippen molar-refractivity contribution < 1.29 is 18.8 Å². The van der Waals surface area contributed by atoms with Gasteiger partial charge in [0, 0.05) is 25.8 Å². The third-order valence-corrected chi connectivity index (χ3v) is 3.83. The van der Waals surface area contributed by atoms with E-state index in [0.29, 0.717) is 39.1 Å². The molecule has 9 heteroatoms. The molecule has 2 rings (SSSR count). The molecule has 0 atom stereocenters. The van der Waals surface area contributed by atoms with Crippen molar-refractivity contribution in [3.63, 3.8) is 0 Å². The molecule has 1 amide bonds. The van der Waals surface area contributed by atoms with Gasteiger partial charge in [0.25, 0.3) is 11.6 Å². The Kier molecular flexibility index (Phi) is 8.03. The summed E-state index contributed by atoms with van der Waals surface area (Å²) in [6.45, 7) is 2.13. The number of nitrogens with two attached hydrogens (primary N) is 1. The highest BCUT2D eigenvalue weighted by molar-refractivity contribution is 5.94.